The number of benzene rings is 2. The second kappa shape index (κ2) is 9.71. The number of hydrogen-bond donors (Lipinski definition) is 0. The lowest BCUT2D eigenvalue weighted by atomic mass is 9.98. The maximum absolute atomic E-state index is 12.4. The standard InChI is InChI=1S/C23H30N2O5/c1-16(17-14-21(28-3)22(29-4)15-18(17)23(26)30-5)24-10-12-25(13-11-24)19-8-6-7-9-20(19)27-2/h6-9,14-16H,10-13H2,1-5H3. The number of nitrogens with zero attached hydrogens (tertiary/aromatic N) is 2. The summed E-state index contributed by atoms with van der Waals surface area (Å²) in [6, 6.07) is 11.7. The highest BCUT2D eigenvalue weighted by molar-refractivity contribution is 5.92. The summed E-state index contributed by atoms with van der Waals surface area (Å²) < 4.78 is 21.4. The van der Waals surface area contributed by atoms with Crippen LogP contribution in [0, 0.1) is 0 Å². The van der Waals surface area contributed by atoms with Gasteiger partial charge in [0.25, 0.3) is 0 Å². The number of anilines is 1. The first kappa shape index (κ1) is 21.8. The highest BCUT2D eigenvalue weighted by Gasteiger charge is 2.28. The van der Waals surface area contributed by atoms with E-state index in [9.17, 15) is 4.79 Å². The molecule has 0 aliphatic carbocycles. The number of hydrogen-bond acceptors (Lipinski definition) is 7. The van der Waals surface area contributed by atoms with Crippen LogP contribution in [-0.2, 0) is 4.74 Å². The molecule has 0 spiro atoms. The lowest BCUT2D eigenvalue weighted by Gasteiger charge is -2.40. The molecule has 0 radical (unpaired) electrons. The summed E-state index contributed by atoms with van der Waals surface area (Å²) >= 11 is 0. The minimum Gasteiger partial charge on any atom is -0.495 e. The van der Waals surface area contributed by atoms with Crippen molar-refractivity contribution >= 4 is 11.7 Å². The van der Waals surface area contributed by atoms with Crippen molar-refractivity contribution < 1.29 is 23.7 Å². The maximum Gasteiger partial charge on any atom is 0.338 e. The van der Waals surface area contributed by atoms with Crippen molar-refractivity contribution in [1.29, 1.82) is 0 Å². The zero-order valence-electron chi connectivity index (χ0n) is 18.3. The van der Waals surface area contributed by atoms with Crippen molar-refractivity contribution in [1.82, 2.24) is 4.90 Å². The molecule has 1 unspecified atom stereocenters. The Balaban J connectivity index is 1.82. The summed E-state index contributed by atoms with van der Waals surface area (Å²) in [6.07, 6.45) is 0. The maximum atomic E-state index is 12.4. The lowest BCUT2D eigenvalue weighted by molar-refractivity contribution is 0.0595. The van der Waals surface area contributed by atoms with E-state index in [-0.39, 0.29) is 12.0 Å². The molecule has 0 bridgehead atoms. The van der Waals surface area contributed by atoms with E-state index in [2.05, 4.69) is 22.8 Å². The molecule has 30 heavy (non-hydrogen) atoms. The molecule has 2 aromatic carbocycles. The molecule has 7 heteroatoms. The Morgan fingerprint density at radius 1 is 0.867 bits per heavy atom. The second-order valence-electron chi connectivity index (χ2n) is 7.16. The molecular formula is C23H30N2O5. The van der Waals surface area contributed by atoms with Crippen LogP contribution >= 0.6 is 0 Å². The van der Waals surface area contributed by atoms with Crippen molar-refractivity contribution in [2.24, 2.45) is 0 Å². The zero-order chi connectivity index (χ0) is 21.7. The Morgan fingerprint density at radius 2 is 1.47 bits per heavy atom. The Morgan fingerprint density at radius 3 is 2.07 bits per heavy atom. The number of carbonyl (C=O) groups excluding carboxylic acids is 1. The first-order valence-corrected chi connectivity index (χ1v) is 10.00. The summed E-state index contributed by atoms with van der Waals surface area (Å²) in [5.74, 6) is 1.60. The summed E-state index contributed by atoms with van der Waals surface area (Å²) in [4.78, 5) is 17.1. The first-order chi connectivity index (χ1) is 14.5. The van der Waals surface area contributed by atoms with Gasteiger partial charge >= 0.3 is 5.97 Å². The number of methoxy groups -OCH3 is 4. The van der Waals surface area contributed by atoms with Crippen molar-refractivity contribution in [3.63, 3.8) is 0 Å². The van der Waals surface area contributed by atoms with Gasteiger partial charge in [0, 0.05) is 32.2 Å². The van der Waals surface area contributed by atoms with Gasteiger partial charge in [0.15, 0.2) is 11.5 Å². The molecule has 1 aliphatic heterocycles. The predicted molar refractivity (Wildman–Crippen MR) is 116 cm³/mol. The Labute approximate surface area is 178 Å². The average Bonchev–Trinajstić information content (AvgIpc) is 2.82. The van der Waals surface area contributed by atoms with Gasteiger partial charge in [-0.15, -0.1) is 0 Å². The Bertz CT molecular complexity index is 878. The fraction of sp³-hybridized carbons (Fsp3) is 0.435. The third-order valence-corrected chi connectivity index (χ3v) is 5.70. The van der Waals surface area contributed by atoms with Crippen LogP contribution in [0.3, 0.4) is 0 Å². The minimum atomic E-state index is -0.384. The number of esters is 1. The Kier molecular flexibility index (Phi) is 7.05. The minimum absolute atomic E-state index is 0.0127. The van der Waals surface area contributed by atoms with E-state index >= 15 is 0 Å². The molecular weight excluding hydrogens is 384 g/mol. The van der Waals surface area contributed by atoms with Crippen molar-refractivity contribution in [3.8, 4) is 17.2 Å². The molecule has 2 aromatic rings. The molecule has 0 aromatic heterocycles. The third kappa shape index (κ3) is 4.31. The van der Waals surface area contributed by atoms with Gasteiger partial charge in [0.1, 0.15) is 5.75 Å². The van der Waals surface area contributed by atoms with E-state index < -0.39 is 0 Å². The molecule has 0 saturated carbocycles. The molecule has 1 atom stereocenters. The molecule has 7 nitrogen and oxygen atoms in total. The third-order valence-electron chi connectivity index (χ3n) is 5.70. The highest BCUT2D eigenvalue weighted by Crippen LogP contribution is 2.36. The van der Waals surface area contributed by atoms with Gasteiger partial charge in [0.05, 0.1) is 39.7 Å². The van der Waals surface area contributed by atoms with Crippen molar-refractivity contribution in [2.75, 3.05) is 59.5 Å². The fourth-order valence-electron chi connectivity index (χ4n) is 3.96. The van der Waals surface area contributed by atoms with E-state index in [1.165, 1.54) is 7.11 Å². The lowest BCUT2D eigenvalue weighted by Crippen LogP contribution is -2.47. The van der Waals surface area contributed by atoms with E-state index in [0.717, 1.165) is 43.2 Å². The van der Waals surface area contributed by atoms with E-state index in [4.69, 9.17) is 18.9 Å². The monoisotopic (exact) mass is 414 g/mol. The van der Waals surface area contributed by atoms with Gasteiger partial charge < -0.3 is 23.8 Å². The summed E-state index contributed by atoms with van der Waals surface area (Å²) in [5.41, 5.74) is 2.47. The zero-order valence-corrected chi connectivity index (χ0v) is 18.3. The molecule has 1 aliphatic rings. The van der Waals surface area contributed by atoms with Gasteiger partial charge in [0.2, 0.25) is 0 Å². The number of piperazine rings is 1. The van der Waals surface area contributed by atoms with Crippen molar-refractivity contribution in [3.05, 3.63) is 47.5 Å². The van der Waals surface area contributed by atoms with Crippen LogP contribution in [0.25, 0.3) is 0 Å². The number of para-hydroxylation sites is 2. The van der Waals surface area contributed by atoms with E-state index in [1.54, 1.807) is 27.4 Å². The van der Waals surface area contributed by atoms with E-state index in [1.807, 2.05) is 24.3 Å². The van der Waals surface area contributed by atoms with Crippen LogP contribution in [0.5, 0.6) is 17.2 Å². The SMILES string of the molecule is COC(=O)c1cc(OC)c(OC)cc1C(C)N1CCN(c2ccccc2OC)CC1. The van der Waals surface area contributed by atoms with Crippen LogP contribution in [0.1, 0.15) is 28.9 Å². The van der Waals surface area contributed by atoms with Crippen LogP contribution < -0.4 is 19.1 Å². The average molecular weight is 415 g/mol. The molecule has 1 fully saturated rings. The van der Waals surface area contributed by atoms with Gasteiger partial charge in [-0.05, 0) is 36.8 Å². The topological polar surface area (TPSA) is 60.5 Å². The molecule has 1 saturated heterocycles. The van der Waals surface area contributed by atoms with Crippen LogP contribution in [-0.4, -0.2) is 65.5 Å². The van der Waals surface area contributed by atoms with Crippen molar-refractivity contribution in [2.45, 2.75) is 13.0 Å². The fourth-order valence-corrected chi connectivity index (χ4v) is 3.96. The largest absolute Gasteiger partial charge is 0.495 e. The highest BCUT2D eigenvalue weighted by atomic mass is 16.5. The predicted octanol–water partition coefficient (Wildman–Crippen LogP) is 3.38. The number of carbonyl (C=O) groups is 1. The van der Waals surface area contributed by atoms with Gasteiger partial charge in [-0.25, -0.2) is 4.79 Å². The molecule has 1 heterocycles. The Hall–Kier alpha value is -2.93. The first-order valence-electron chi connectivity index (χ1n) is 10.00. The summed E-state index contributed by atoms with van der Waals surface area (Å²) in [5, 5.41) is 0. The number of rotatable bonds is 7. The molecule has 162 valence electrons. The second-order valence-corrected chi connectivity index (χ2v) is 7.16. The molecule has 0 N–H and O–H groups in total. The smallest absolute Gasteiger partial charge is 0.338 e. The van der Waals surface area contributed by atoms with Crippen LogP contribution in [0.15, 0.2) is 36.4 Å². The summed E-state index contributed by atoms with van der Waals surface area (Å²) in [7, 11) is 6.23. The van der Waals surface area contributed by atoms with E-state index in [0.29, 0.717) is 17.1 Å². The van der Waals surface area contributed by atoms with Gasteiger partial charge in [-0.3, -0.25) is 4.90 Å². The summed E-state index contributed by atoms with van der Waals surface area (Å²) in [6.45, 7) is 5.55. The quantitative estimate of drug-likeness (QED) is 0.644. The molecule has 0 amide bonds. The number of ether oxygens (including phenoxy) is 4. The van der Waals surface area contributed by atoms with Gasteiger partial charge in [-0.2, -0.15) is 0 Å². The van der Waals surface area contributed by atoms with Crippen LogP contribution in [0.2, 0.25) is 0 Å². The molecule has 3 rings (SSSR count). The van der Waals surface area contributed by atoms with Crippen LogP contribution in [0.4, 0.5) is 5.69 Å². The van der Waals surface area contributed by atoms with Gasteiger partial charge in [-0.1, -0.05) is 12.1 Å². The normalized spacial score (nSPS) is 15.4.